The van der Waals surface area contributed by atoms with Gasteiger partial charge < -0.3 is 9.47 Å². The van der Waals surface area contributed by atoms with Crippen LogP contribution in [0.3, 0.4) is 0 Å². The van der Waals surface area contributed by atoms with Crippen molar-refractivity contribution in [1.29, 1.82) is 0 Å². The molecule has 1 N–H and O–H groups in total. The van der Waals surface area contributed by atoms with E-state index < -0.39 is 0 Å². The van der Waals surface area contributed by atoms with E-state index in [1.54, 1.807) is 29.7 Å². The number of benzene rings is 1. The number of nitrogens with zero attached hydrogens (tertiary/aromatic N) is 1. The minimum atomic E-state index is -0.325. The fourth-order valence-electron chi connectivity index (χ4n) is 1.55. The highest BCUT2D eigenvalue weighted by molar-refractivity contribution is 7.11. The molecule has 0 radical (unpaired) electrons. The summed E-state index contributed by atoms with van der Waals surface area (Å²) >= 11 is 1.54. The van der Waals surface area contributed by atoms with E-state index in [9.17, 15) is 4.79 Å². The van der Waals surface area contributed by atoms with Gasteiger partial charge in [-0.1, -0.05) is 18.2 Å². The highest BCUT2D eigenvalue weighted by Crippen LogP contribution is 2.26. The Morgan fingerprint density at radius 1 is 1.24 bits per heavy atom. The van der Waals surface area contributed by atoms with E-state index in [1.807, 2.05) is 36.6 Å². The molecule has 0 aliphatic heterocycles. The summed E-state index contributed by atoms with van der Waals surface area (Å²) in [6.07, 6.45) is 1.59. The van der Waals surface area contributed by atoms with Crippen LogP contribution >= 0.6 is 11.3 Å². The van der Waals surface area contributed by atoms with Crippen LogP contribution in [0, 0.1) is 0 Å². The lowest BCUT2D eigenvalue weighted by Gasteiger charge is -2.10. The number of nitrogens with one attached hydrogen (secondary N) is 1. The summed E-state index contributed by atoms with van der Waals surface area (Å²) in [5.74, 6) is 0.834. The first kappa shape index (κ1) is 15.1. The number of amides is 1. The highest BCUT2D eigenvalue weighted by Gasteiger charge is 2.06. The first-order chi connectivity index (χ1) is 10.3. The molecule has 0 saturated carbocycles. The SMILES string of the molecule is CCOc1ccccc1OCC(=O)N/N=C\c1cccs1. The summed E-state index contributed by atoms with van der Waals surface area (Å²) in [5, 5.41) is 5.80. The second-order valence-electron chi connectivity index (χ2n) is 3.98. The van der Waals surface area contributed by atoms with Gasteiger partial charge in [0.15, 0.2) is 18.1 Å². The maximum Gasteiger partial charge on any atom is 0.277 e. The number of hydrazone groups is 1. The number of rotatable bonds is 7. The van der Waals surface area contributed by atoms with Gasteiger partial charge in [-0.2, -0.15) is 5.10 Å². The molecule has 0 aliphatic carbocycles. The summed E-state index contributed by atoms with van der Waals surface area (Å²) in [6.45, 7) is 2.31. The third-order valence-corrected chi connectivity index (χ3v) is 3.24. The van der Waals surface area contributed by atoms with Crippen molar-refractivity contribution in [2.45, 2.75) is 6.92 Å². The average molecular weight is 304 g/mol. The Morgan fingerprint density at radius 3 is 2.67 bits per heavy atom. The largest absolute Gasteiger partial charge is 0.490 e. The summed E-state index contributed by atoms with van der Waals surface area (Å²) < 4.78 is 10.8. The van der Waals surface area contributed by atoms with Gasteiger partial charge >= 0.3 is 0 Å². The molecule has 21 heavy (non-hydrogen) atoms. The van der Waals surface area contributed by atoms with Crippen molar-refractivity contribution in [2.75, 3.05) is 13.2 Å². The van der Waals surface area contributed by atoms with Crippen LogP contribution in [0.4, 0.5) is 0 Å². The molecule has 0 fully saturated rings. The lowest BCUT2D eigenvalue weighted by Crippen LogP contribution is -2.24. The zero-order chi connectivity index (χ0) is 14.9. The van der Waals surface area contributed by atoms with Crippen molar-refractivity contribution in [3.05, 3.63) is 46.7 Å². The monoisotopic (exact) mass is 304 g/mol. The van der Waals surface area contributed by atoms with E-state index in [-0.39, 0.29) is 12.5 Å². The van der Waals surface area contributed by atoms with Crippen molar-refractivity contribution in [3.63, 3.8) is 0 Å². The maximum atomic E-state index is 11.6. The van der Waals surface area contributed by atoms with Gasteiger partial charge in [0, 0.05) is 4.88 Å². The number of ether oxygens (including phenoxy) is 2. The van der Waals surface area contributed by atoms with Crippen LogP contribution in [-0.2, 0) is 4.79 Å². The number of para-hydroxylation sites is 2. The van der Waals surface area contributed by atoms with E-state index in [0.717, 1.165) is 4.88 Å². The molecular weight excluding hydrogens is 288 g/mol. The van der Waals surface area contributed by atoms with Crippen LogP contribution in [0.1, 0.15) is 11.8 Å². The predicted molar refractivity (Wildman–Crippen MR) is 83.2 cm³/mol. The summed E-state index contributed by atoms with van der Waals surface area (Å²) in [7, 11) is 0. The molecule has 2 rings (SSSR count). The lowest BCUT2D eigenvalue weighted by molar-refractivity contribution is -0.123. The lowest BCUT2D eigenvalue weighted by atomic mass is 10.3. The molecule has 6 heteroatoms. The van der Waals surface area contributed by atoms with Crippen molar-refractivity contribution in [1.82, 2.24) is 5.43 Å². The first-order valence-corrected chi connectivity index (χ1v) is 7.37. The van der Waals surface area contributed by atoms with Crippen molar-refractivity contribution in [3.8, 4) is 11.5 Å². The minimum Gasteiger partial charge on any atom is -0.490 e. The molecule has 0 spiro atoms. The average Bonchev–Trinajstić information content (AvgIpc) is 3.00. The zero-order valence-electron chi connectivity index (χ0n) is 11.6. The van der Waals surface area contributed by atoms with Crippen LogP contribution in [-0.4, -0.2) is 25.3 Å². The van der Waals surface area contributed by atoms with Crippen LogP contribution < -0.4 is 14.9 Å². The van der Waals surface area contributed by atoms with Gasteiger partial charge in [-0.05, 0) is 30.5 Å². The van der Waals surface area contributed by atoms with Gasteiger partial charge in [0.25, 0.3) is 5.91 Å². The Bertz CT molecular complexity index is 597. The maximum absolute atomic E-state index is 11.6. The third kappa shape index (κ3) is 4.92. The Hall–Kier alpha value is -2.34. The number of hydrogen-bond donors (Lipinski definition) is 1. The Morgan fingerprint density at radius 2 is 2.00 bits per heavy atom. The van der Waals surface area contributed by atoms with Gasteiger partial charge in [-0.25, -0.2) is 5.43 Å². The molecule has 1 aromatic carbocycles. The van der Waals surface area contributed by atoms with Gasteiger partial charge in [0.05, 0.1) is 12.8 Å². The molecule has 0 saturated heterocycles. The molecule has 0 aliphatic rings. The number of carbonyl (C=O) groups excluding carboxylic acids is 1. The molecule has 1 heterocycles. The van der Waals surface area contributed by atoms with E-state index in [4.69, 9.17) is 9.47 Å². The van der Waals surface area contributed by atoms with Crippen molar-refractivity contribution in [2.24, 2.45) is 5.10 Å². The molecular formula is C15H16N2O3S. The minimum absolute atomic E-state index is 0.119. The molecule has 1 aromatic heterocycles. The highest BCUT2D eigenvalue weighted by atomic mass is 32.1. The van der Waals surface area contributed by atoms with Gasteiger partial charge in [-0.15, -0.1) is 11.3 Å². The van der Waals surface area contributed by atoms with Gasteiger partial charge in [0.1, 0.15) is 0 Å². The van der Waals surface area contributed by atoms with Crippen LogP contribution in [0.25, 0.3) is 0 Å². The van der Waals surface area contributed by atoms with E-state index >= 15 is 0 Å². The standard InChI is InChI=1S/C15H16N2O3S/c1-2-19-13-7-3-4-8-14(13)20-11-15(18)17-16-10-12-6-5-9-21-12/h3-10H,2,11H2,1H3,(H,17,18)/b16-10-. The van der Waals surface area contributed by atoms with Crippen LogP contribution in [0.5, 0.6) is 11.5 Å². The molecule has 0 bridgehead atoms. The first-order valence-electron chi connectivity index (χ1n) is 6.49. The third-order valence-electron chi connectivity index (χ3n) is 2.43. The van der Waals surface area contributed by atoms with E-state index in [2.05, 4.69) is 10.5 Å². The summed E-state index contributed by atoms with van der Waals surface area (Å²) in [5.41, 5.74) is 2.41. The molecule has 2 aromatic rings. The molecule has 1 amide bonds. The van der Waals surface area contributed by atoms with E-state index in [1.165, 1.54) is 0 Å². The second kappa shape index (κ2) is 8.06. The molecule has 0 atom stereocenters. The topological polar surface area (TPSA) is 59.9 Å². The van der Waals surface area contributed by atoms with E-state index in [0.29, 0.717) is 18.1 Å². The molecule has 110 valence electrons. The number of thiophene rings is 1. The quantitative estimate of drug-likeness (QED) is 0.632. The van der Waals surface area contributed by atoms with Crippen molar-refractivity contribution < 1.29 is 14.3 Å². The fraction of sp³-hybridized carbons (Fsp3) is 0.200. The molecule has 5 nitrogen and oxygen atoms in total. The number of hydrogen-bond acceptors (Lipinski definition) is 5. The predicted octanol–water partition coefficient (Wildman–Crippen LogP) is 2.68. The zero-order valence-corrected chi connectivity index (χ0v) is 12.4. The normalized spacial score (nSPS) is 10.5. The second-order valence-corrected chi connectivity index (χ2v) is 4.96. The Kier molecular flexibility index (Phi) is 5.78. The fourth-order valence-corrected chi connectivity index (χ4v) is 2.14. The smallest absolute Gasteiger partial charge is 0.277 e. The van der Waals surface area contributed by atoms with Gasteiger partial charge in [0.2, 0.25) is 0 Å². The summed E-state index contributed by atoms with van der Waals surface area (Å²) in [6, 6.07) is 11.1. The summed E-state index contributed by atoms with van der Waals surface area (Å²) in [4.78, 5) is 12.6. The molecule has 0 unspecified atom stereocenters. The van der Waals surface area contributed by atoms with Crippen LogP contribution in [0.15, 0.2) is 46.9 Å². The Balaban J connectivity index is 1.81. The number of carbonyl (C=O) groups is 1. The van der Waals surface area contributed by atoms with Crippen LogP contribution in [0.2, 0.25) is 0 Å². The van der Waals surface area contributed by atoms with Gasteiger partial charge in [-0.3, -0.25) is 4.79 Å². The van der Waals surface area contributed by atoms with Crippen molar-refractivity contribution >= 4 is 23.5 Å². The Labute approximate surface area is 127 Å².